The average Bonchev–Trinajstić information content (AvgIpc) is 2.82. The third kappa shape index (κ3) is 3.65. The molecule has 0 N–H and O–H groups in total. The normalized spacial score (nSPS) is 12.4. The molecule has 2 rings (SSSR count). The molecule has 0 amide bonds. The zero-order chi connectivity index (χ0) is 14.7. The van der Waals surface area contributed by atoms with E-state index in [0.29, 0.717) is 6.42 Å². The Balaban J connectivity index is 2.02. The number of ketones is 1. The number of rotatable bonds is 5. The molecule has 1 nitrogen and oxygen atoms in total. The molecular weight excluding hydrogens is 370 g/mol. The summed E-state index contributed by atoms with van der Waals surface area (Å²) in [6, 6.07) is 5.25. The van der Waals surface area contributed by atoms with Crippen LogP contribution in [0.15, 0.2) is 34.1 Å². The van der Waals surface area contributed by atoms with Crippen molar-refractivity contribution in [3.63, 3.8) is 0 Å². The van der Waals surface area contributed by atoms with Crippen molar-refractivity contribution in [1.82, 2.24) is 0 Å². The first kappa shape index (κ1) is 15.6. The van der Waals surface area contributed by atoms with E-state index in [0.717, 1.165) is 21.5 Å². The summed E-state index contributed by atoms with van der Waals surface area (Å²) >= 11 is 11.0. The van der Waals surface area contributed by atoms with Gasteiger partial charge in [-0.2, -0.15) is 0 Å². The van der Waals surface area contributed by atoms with Crippen molar-refractivity contribution in [2.45, 2.75) is 18.2 Å². The fourth-order valence-electron chi connectivity index (χ4n) is 1.78. The Labute approximate surface area is 132 Å². The highest BCUT2D eigenvalue weighted by atomic mass is 79.9. The monoisotopic (exact) mass is 378 g/mol. The zero-order valence-corrected chi connectivity index (χ0v) is 13.4. The van der Waals surface area contributed by atoms with Gasteiger partial charge in [-0.15, -0.1) is 22.9 Å². The number of thiophene rings is 1. The summed E-state index contributed by atoms with van der Waals surface area (Å²) in [7, 11) is 0. The molecule has 0 saturated carbocycles. The molecule has 0 aliphatic carbocycles. The van der Waals surface area contributed by atoms with Gasteiger partial charge < -0.3 is 0 Å². The van der Waals surface area contributed by atoms with E-state index in [1.54, 1.807) is 0 Å². The zero-order valence-electron chi connectivity index (χ0n) is 10.2. The van der Waals surface area contributed by atoms with E-state index in [-0.39, 0.29) is 11.8 Å². The van der Waals surface area contributed by atoms with Gasteiger partial charge in [-0.05, 0) is 40.5 Å². The van der Waals surface area contributed by atoms with E-state index >= 15 is 0 Å². The summed E-state index contributed by atoms with van der Waals surface area (Å²) < 4.78 is 27.8. The molecule has 0 aliphatic rings. The van der Waals surface area contributed by atoms with Crippen LogP contribution in [0, 0.1) is 11.6 Å². The molecule has 1 heterocycles. The van der Waals surface area contributed by atoms with Gasteiger partial charge in [0.2, 0.25) is 0 Å². The minimum atomic E-state index is -0.833. The van der Waals surface area contributed by atoms with Crippen LogP contribution >= 0.6 is 38.9 Å². The van der Waals surface area contributed by atoms with Crippen LogP contribution in [0.1, 0.15) is 33.5 Å². The quantitative estimate of drug-likeness (QED) is 0.479. The topological polar surface area (TPSA) is 17.1 Å². The van der Waals surface area contributed by atoms with Gasteiger partial charge in [0.05, 0.1) is 10.9 Å². The highest BCUT2D eigenvalue weighted by Gasteiger charge is 2.19. The maximum atomic E-state index is 13.5. The molecular formula is C14H10BrClF2OS. The molecule has 2 aromatic rings. The van der Waals surface area contributed by atoms with Crippen LogP contribution in [0.2, 0.25) is 0 Å². The number of Topliss-reactive ketones (excluding diaryl/α,β-unsaturated/α-hetero) is 1. The largest absolute Gasteiger partial charge is 0.294 e. The van der Waals surface area contributed by atoms with Gasteiger partial charge >= 0.3 is 0 Å². The predicted molar refractivity (Wildman–Crippen MR) is 80.5 cm³/mol. The Morgan fingerprint density at radius 2 is 2.00 bits per heavy atom. The van der Waals surface area contributed by atoms with Crippen molar-refractivity contribution < 1.29 is 13.6 Å². The summed E-state index contributed by atoms with van der Waals surface area (Å²) in [5, 5.41) is 1.55. The van der Waals surface area contributed by atoms with Gasteiger partial charge in [-0.25, -0.2) is 8.78 Å². The molecule has 0 bridgehead atoms. The standard InChI is InChI=1S/C14H10BrClF2OS/c15-8-6-13(20-7-8)9(16)4-5-12(19)14-10(17)2-1-3-11(14)18/h1-3,6-7,9H,4-5H2. The van der Waals surface area contributed by atoms with E-state index in [1.807, 2.05) is 11.4 Å². The van der Waals surface area contributed by atoms with E-state index in [9.17, 15) is 13.6 Å². The molecule has 0 aliphatic heterocycles. The molecule has 1 aromatic carbocycles. The predicted octanol–water partition coefficient (Wildman–Crippen LogP) is 5.73. The summed E-state index contributed by atoms with van der Waals surface area (Å²) in [6.07, 6.45) is 0.336. The summed E-state index contributed by atoms with van der Waals surface area (Å²) in [5.41, 5.74) is -0.483. The van der Waals surface area contributed by atoms with Crippen molar-refractivity contribution in [3.05, 3.63) is 56.2 Å². The number of hydrogen-bond acceptors (Lipinski definition) is 2. The van der Waals surface area contributed by atoms with Gasteiger partial charge in [-0.1, -0.05) is 6.07 Å². The third-order valence-corrected chi connectivity index (χ3v) is 5.15. The smallest absolute Gasteiger partial charge is 0.168 e. The fraction of sp³-hybridized carbons (Fsp3) is 0.214. The number of carbonyl (C=O) groups is 1. The Kier molecular flexibility index (Phi) is 5.29. The summed E-state index contributed by atoms with van der Waals surface area (Å²) in [5.74, 6) is -2.23. The van der Waals surface area contributed by atoms with Gasteiger partial charge in [0.15, 0.2) is 5.78 Å². The lowest BCUT2D eigenvalue weighted by molar-refractivity contribution is 0.0971. The van der Waals surface area contributed by atoms with E-state index in [1.165, 1.54) is 17.4 Å². The van der Waals surface area contributed by atoms with Crippen molar-refractivity contribution in [2.75, 3.05) is 0 Å². The molecule has 0 radical (unpaired) electrons. The minimum Gasteiger partial charge on any atom is -0.294 e. The number of halogens is 4. The molecule has 1 unspecified atom stereocenters. The number of hydrogen-bond donors (Lipinski definition) is 0. The molecule has 0 fully saturated rings. The van der Waals surface area contributed by atoms with Gasteiger partial charge in [0, 0.05) is 21.2 Å². The van der Waals surface area contributed by atoms with Gasteiger partial charge in [0.25, 0.3) is 0 Å². The molecule has 1 aromatic heterocycles. The molecule has 6 heteroatoms. The van der Waals surface area contributed by atoms with Gasteiger partial charge in [0.1, 0.15) is 11.6 Å². The second-order valence-corrected chi connectivity index (χ2v) is 6.58. The van der Waals surface area contributed by atoms with Crippen molar-refractivity contribution in [2.24, 2.45) is 0 Å². The van der Waals surface area contributed by atoms with E-state index in [4.69, 9.17) is 11.6 Å². The number of alkyl halides is 1. The van der Waals surface area contributed by atoms with Crippen LogP contribution in [-0.4, -0.2) is 5.78 Å². The second kappa shape index (κ2) is 6.78. The van der Waals surface area contributed by atoms with Crippen LogP contribution < -0.4 is 0 Å². The lowest BCUT2D eigenvalue weighted by Gasteiger charge is -2.07. The Morgan fingerprint density at radius 1 is 1.35 bits per heavy atom. The summed E-state index contributed by atoms with van der Waals surface area (Å²) in [4.78, 5) is 12.8. The third-order valence-electron chi connectivity index (χ3n) is 2.76. The van der Waals surface area contributed by atoms with Crippen LogP contribution in [-0.2, 0) is 0 Å². The highest BCUT2D eigenvalue weighted by Crippen LogP contribution is 2.33. The van der Waals surface area contributed by atoms with E-state index < -0.39 is 23.0 Å². The van der Waals surface area contributed by atoms with Crippen LogP contribution in [0.25, 0.3) is 0 Å². The first-order valence-corrected chi connectivity index (χ1v) is 7.95. The number of carbonyl (C=O) groups excluding carboxylic acids is 1. The lowest BCUT2D eigenvalue weighted by atomic mass is 10.0. The first-order chi connectivity index (χ1) is 9.49. The molecule has 1 atom stereocenters. The van der Waals surface area contributed by atoms with Crippen molar-refractivity contribution in [3.8, 4) is 0 Å². The molecule has 0 spiro atoms. The lowest BCUT2D eigenvalue weighted by Crippen LogP contribution is -2.06. The molecule has 0 saturated heterocycles. The number of benzene rings is 1. The maximum Gasteiger partial charge on any atom is 0.168 e. The Hall–Kier alpha value is -0.780. The second-order valence-electron chi connectivity index (χ2n) is 4.19. The molecule has 106 valence electrons. The average molecular weight is 380 g/mol. The van der Waals surface area contributed by atoms with Crippen LogP contribution in [0.3, 0.4) is 0 Å². The highest BCUT2D eigenvalue weighted by molar-refractivity contribution is 9.10. The Bertz CT molecular complexity index is 609. The van der Waals surface area contributed by atoms with Crippen LogP contribution in [0.4, 0.5) is 8.78 Å². The minimum absolute atomic E-state index is 0.00153. The van der Waals surface area contributed by atoms with E-state index in [2.05, 4.69) is 15.9 Å². The molecule has 20 heavy (non-hydrogen) atoms. The Morgan fingerprint density at radius 3 is 2.55 bits per heavy atom. The maximum absolute atomic E-state index is 13.5. The fourth-order valence-corrected chi connectivity index (χ4v) is 3.56. The van der Waals surface area contributed by atoms with Crippen molar-refractivity contribution in [1.29, 1.82) is 0 Å². The first-order valence-electron chi connectivity index (χ1n) is 5.84. The van der Waals surface area contributed by atoms with Crippen molar-refractivity contribution >= 4 is 44.7 Å². The summed E-state index contributed by atoms with van der Waals surface area (Å²) in [6.45, 7) is 0. The van der Waals surface area contributed by atoms with Crippen LogP contribution in [0.5, 0.6) is 0 Å². The van der Waals surface area contributed by atoms with Gasteiger partial charge in [-0.3, -0.25) is 4.79 Å². The SMILES string of the molecule is O=C(CCC(Cl)c1cc(Br)cs1)c1c(F)cccc1F.